The first-order valence-electron chi connectivity index (χ1n) is 8.12. The first-order valence-corrected chi connectivity index (χ1v) is 9.94. The Balaban J connectivity index is 1.90. The van der Waals surface area contributed by atoms with Gasteiger partial charge >= 0.3 is 0 Å². The molecule has 0 aromatic rings. The van der Waals surface area contributed by atoms with Crippen molar-refractivity contribution in [3.05, 3.63) is 0 Å². The zero-order valence-corrected chi connectivity index (χ0v) is 13.5. The first-order chi connectivity index (χ1) is 9.61. The molecule has 1 saturated heterocycles. The summed E-state index contributed by atoms with van der Waals surface area (Å²) in [6.45, 7) is 4.49. The highest BCUT2D eigenvalue weighted by Crippen LogP contribution is 2.27. The molecule has 20 heavy (non-hydrogen) atoms. The number of ether oxygens (including phenoxy) is 1. The largest absolute Gasteiger partial charge is 0.381 e. The minimum atomic E-state index is -2.95. The molecule has 2 rings (SSSR count). The summed E-state index contributed by atoms with van der Waals surface area (Å²) in [5.41, 5.74) is 0. The average molecular weight is 303 g/mol. The fraction of sp³-hybridized carbons (Fsp3) is 1.00. The maximum atomic E-state index is 12.4. The lowest BCUT2D eigenvalue weighted by Gasteiger charge is -2.24. The predicted molar refractivity (Wildman–Crippen MR) is 81.6 cm³/mol. The standard InChI is InChI=1S/C15H29NO3S/c1-2-8-16-15(14-7-9-19-10-14)12-20(17,18)11-13-5-3-4-6-13/h13-16H,2-12H2,1H3. The SMILES string of the molecule is CCCNC(CS(=O)(=O)CC1CCCC1)C1CCOC1. The molecule has 2 fully saturated rings. The van der Waals surface area contributed by atoms with E-state index in [0.29, 0.717) is 24.2 Å². The van der Waals surface area contributed by atoms with Crippen molar-refractivity contribution < 1.29 is 13.2 Å². The highest BCUT2D eigenvalue weighted by atomic mass is 32.2. The maximum absolute atomic E-state index is 12.4. The molecule has 2 atom stereocenters. The summed E-state index contributed by atoms with van der Waals surface area (Å²) in [4.78, 5) is 0. The van der Waals surface area contributed by atoms with Gasteiger partial charge in [-0.05, 0) is 38.1 Å². The topological polar surface area (TPSA) is 55.4 Å². The summed E-state index contributed by atoms with van der Waals surface area (Å²) in [6.07, 6.45) is 6.62. The molecule has 0 radical (unpaired) electrons. The third-order valence-corrected chi connectivity index (χ3v) is 6.43. The Hall–Kier alpha value is -0.130. The molecule has 1 aliphatic carbocycles. The molecule has 1 heterocycles. The molecule has 1 saturated carbocycles. The summed E-state index contributed by atoms with van der Waals surface area (Å²) >= 11 is 0. The molecule has 0 aromatic heterocycles. The molecule has 0 amide bonds. The van der Waals surface area contributed by atoms with Crippen molar-refractivity contribution in [2.45, 2.75) is 51.5 Å². The monoisotopic (exact) mass is 303 g/mol. The van der Waals surface area contributed by atoms with Crippen LogP contribution in [-0.2, 0) is 14.6 Å². The second-order valence-electron chi connectivity index (χ2n) is 6.41. The van der Waals surface area contributed by atoms with Crippen LogP contribution in [0.25, 0.3) is 0 Å². The van der Waals surface area contributed by atoms with Crippen LogP contribution in [-0.4, -0.2) is 45.7 Å². The molecule has 2 unspecified atom stereocenters. The molecule has 4 nitrogen and oxygen atoms in total. The van der Waals surface area contributed by atoms with E-state index in [0.717, 1.165) is 38.8 Å². The van der Waals surface area contributed by atoms with Gasteiger partial charge < -0.3 is 10.1 Å². The van der Waals surface area contributed by atoms with Crippen molar-refractivity contribution in [3.63, 3.8) is 0 Å². The summed E-state index contributed by atoms with van der Waals surface area (Å²) in [6, 6.07) is 0.0730. The van der Waals surface area contributed by atoms with Gasteiger partial charge in [-0.25, -0.2) is 8.42 Å². The molecule has 1 aliphatic heterocycles. The van der Waals surface area contributed by atoms with Gasteiger partial charge in [-0.3, -0.25) is 0 Å². The van der Waals surface area contributed by atoms with Crippen LogP contribution in [0, 0.1) is 11.8 Å². The van der Waals surface area contributed by atoms with Crippen LogP contribution in [0.1, 0.15) is 45.4 Å². The number of sulfone groups is 1. The summed E-state index contributed by atoms with van der Waals surface area (Å²) < 4.78 is 30.3. The molecule has 0 aromatic carbocycles. The fourth-order valence-corrected chi connectivity index (χ4v) is 5.56. The zero-order valence-electron chi connectivity index (χ0n) is 12.6. The predicted octanol–water partition coefficient (Wildman–Crippen LogP) is 2.00. The number of hydrogen-bond donors (Lipinski definition) is 1. The lowest BCUT2D eigenvalue weighted by molar-refractivity contribution is 0.178. The number of nitrogens with one attached hydrogen (secondary N) is 1. The average Bonchev–Trinajstić information content (AvgIpc) is 3.06. The summed E-state index contributed by atoms with van der Waals surface area (Å²) in [5.74, 6) is 1.45. The van der Waals surface area contributed by atoms with Gasteiger partial charge in [0.05, 0.1) is 18.1 Å². The normalized spacial score (nSPS) is 26.1. The van der Waals surface area contributed by atoms with Gasteiger partial charge in [0.2, 0.25) is 0 Å². The molecule has 0 bridgehead atoms. The number of rotatable bonds is 8. The van der Waals surface area contributed by atoms with Crippen molar-refractivity contribution in [2.24, 2.45) is 11.8 Å². The maximum Gasteiger partial charge on any atom is 0.152 e. The Morgan fingerprint density at radius 2 is 2.00 bits per heavy atom. The molecular weight excluding hydrogens is 274 g/mol. The molecule has 2 aliphatic rings. The van der Waals surface area contributed by atoms with Crippen LogP contribution in [0.3, 0.4) is 0 Å². The highest BCUT2D eigenvalue weighted by Gasteiger charge is 2.31. The molecule has 118 valence electrons. The Morgan fingerprint density at radius 3 is 2.60 bits per heavy atom. The Labute approximate surface area is 123 Å². The van der Waals surface area contributed by atoms with Gasteiger partial charge in [-0.2, -0.15) is 0 Å². The molecular formula is C15H29NO3S. The van der Waals surface area contributed by atoms with E-state index < -0.39 is 9.84 Å². The third-order valence-electron chi connectivity index (χ3n) is 4.59. The van der Waals surface area contributed by atoms with Gasteiger partial charge in [-0.1, -0.05) is 19.8 Å². The van der Waals surface area contributed by atoms with Gasteiger partial charge in [-0.15, -0.1) is 0 Å². The van der Waals surface area contributed by atoms with Crippen molar-refractivity contribution in [1.29, 1.82) is 0 Å². The Bertz CT molecular complexity index is 371. The van der Waals surface area contributed by atoms with Gasteiger partial charge in [0.15, 0.2) is 9.84 Å². The fourth-order valence-electron chi connectivity index (χ4n) is 3.44. The lowest BCUT2D eigenvalue weighted by Crippen LogP contribution is -2.43. The van der Waals surface area contributed by atoms with E-state index in [1.807, 2.05) is 0 Å². The van der Waals surface area contributed by atoms with Gasteiger partial charge in [0.25, 0.3) is 0 Å². The molecule has 1 N–H and O–H groups in total. The number of hydrogen-bond acceptors (Lipinski definition) is 4. The minimum Gasteiger partial charge on any atom is -0.381 e. The van der Waals surface area contributed by atoms with E-state index >= 15 is 0 Å². The Morgan fingerprint density at radius 1 is 1.25 bits per heavy atom. The van der Waals surface area contributed by atoms with E-state index in [1.54, 1.807) is 0 Å². The quantitative estimate of drug-likeness (QED) is 0.745. The van der Waals surface area contributed by atoms with Crippen LogP contribution in [0.4, 0.5) is 0 Å². The molecule has 0 spiro atoms. The van der Waals surface area contributed by atoms with Crippen molar-refractivity contribution in [2.75, 3.05) is 31.3 Å². The van der Waals surface area contributed by atoms with E-state index in [9.17, 15) is 8.42 Å². The second-order valence-corrected chi connectivity index (χ2v) is 8.57. The summed E-state index contributed by atoms with van der Waals surface area (Å²) in [5, 5.41) is 3.43. The van der Waals surface area contributed by atoms with Crippen LogP contribution in [0.2, 0.25) is 0 Å². The van der Waals surface area contributed by atoms with E-state index in [2.05, 4.69) is 12.2 Å². The first kappa shape index (κ1) is 16.2. The smallest absolute Gasteiger partial charge is 0.152 e. The summed E-state index contributed by atoms with van der Waals surface area (Å²) in [7, 11) is -2.95. The van der Waals surface area contributed by atoms with Gasteiger partial charge in [0.1, 0.15) is 0 Å². The van der Waals surface area contributed by atoms with Crippen molar-refractivity contribution >= 4 is 9.84 Å². The van der Waals surface area contributed by atoms with Crippen LogP contribution in [0.15, 0.2) is 0 Å². The minimum absolute atomic E-state index is 0.0730. The van der Waals surface area contributed by atoms with E-state index in [1.165, 1.54) is 12.8 Å². The van der Waals surface area contributed by atoms with E-state index in [4.69, 9.17) is 4.74 Å². The zero-order chi connectivity index (χ0) is 14.4. The highest BCUT2D eigenvalue weighted by molar-refractivity contribution is 7.91. The van der Waals surface area contributed by atoms with Crippen molar-refractivity contribution in [3.8, 4) is 0 Å². The Kier molecular flexibility index (Phi) is 6.30. The van der Waals surface area contributed by atoms with Crippen molar-refractivity contribution in [1.82, 2.24) is 5.32 Å². The van der Waals surface area contributed by atoms with Gasteiger partial charge in [0, 0.05) is 18.6 Å². The lowest BCUT2D eigenvalue weighted by atomic mass is 10.0. The van der Waals surface area contributed by atoms with Crippen LogP contribution >= 0.6 is 0 Å². The second kappa shape index (κ2) is 7.76. The van der Waals surface area contributed by atoms with Crippen LogP contribution in [0.5, 0.6) is 0 Å². The van der Waals surface area contributed by atoms with Crippen LogP contribution < -0.4 is 5.32 Å². The molecule has 5 heteroatoms. The third kappa shape index (κ3) is 5.01. The van der Waals surface area contributed by atoms with E-state index in [-0.39, 0.29) is 11.8 Å².